The van der Waals surface area contributed by atoms with Crippen molar-refractivity contribution in [1.29, 1.82) is 0 Å². The molecule has 1 saturated heterocycles. The molecule has 1 fully saturated rings. The quantitative estimate of drug-likeness (QED) is 0.944. The zero-order valence-corrected chi connectivity index (χ0v) is 12.9. The van der Waals surface area contributed by atoms with Crippen molar-refractivity contribution in [1.82, 2.24) is 20.0 Å². The fourth-order valence-corrected chi connectivity index (χ4v) is 3.56. The van der Waals surface area contributed by atoms with Gasteiger partial charge >= 0.3 is 6.03 Å². The van der Waals surface area contributed by atoms with Crippen LogP contribution in [0.1, 0.15) is 31.4 Å². The Kier molecular flexibility index (Phi) is 4.24. The summed E-state index contributed by atoms with van der Waals surface area (Å²) in [7, 11) is 0. The normalized spacial score (nSPS) is 19.7. The van der Waals surface area contributed by atoms with Crippen molar-refractivity contribution in [3.05, 3.63) is 40.8 Å². The predicted molar refractivity (Wildman–Crippen MR) is 83.2 cm³/mol. The van der Waals surface area contributed by atoms with Crippen LogP contribution in [0.15, 0.2) is 35.3 Å². The number of hydrogen-bond acceptors (Lipinski definition) is 3. The second-order valence-electron chi connectivity index (χ2n) is 5.49. The van der Waals surface area contributed by atoms with Crippen LogP contribution in [0, 0.1) is 0 Å². The second kappa shape index (κ2) is 6.30. The molecule has 6 heteroatoms. The standard InChI is InChI=1S/C15H20N4OS/c1-12(10-18-7-3-6-16-18)17-15(20)19-8-2-4-14(19)13-5-9-21-11-13/h3,5-7,9,11-12,14H,2,4,8,10H2,1H3,(H,17,20)/t12-,14+/m1/s1. The highest BCUT2D eigenvalue weighted by Gasteiger charge is 2.30. The van der Waals surface area contributed by atoms with Crippen LogP contribution in [0.4, 0.5) is 4.79 Å². The Hall–Kier alpha value is -1.82. The summed E-state index contributed by atoms with van der Waals surface area (Å²) in [6, 6.07) is 4.33. The molecule has 0 bridgehead atoms. The van der Waals surface area contributed by atoms with Crippen LogP contribution in [-0.4, -0.2) is 33.3 Å². The van der Waals surface area contributed by atoms with Crippen LogP contribution in [-0.2, 0) is 6.54 Å². The maximum Gasteiger partial charge on any atom is 0.318 e. The van der Waals surface area contributed by atoms with Crippen molar-refractivity contribution in [3.8, 4) is 0 Å². The van der Waals surface area contributed by atoms with Crippen LogP contribution < -0.4 is 5.32 Å². The maximum absolute atomic E-state index is 12.5. The number of amides is 2. The van der Waals surface area contributed by atoms with E-state index in [-0.39, 0.29) is 18.1 Å². The van der Waals surface area contributed by atoms with E-state index in [2.05, 4.69) is 27.2 Å². The van der Waals surface area contributed by atoms with E-state index in [0.717, 1.165) is 19.4 Å². The van der Waals surface area contributed by atoms with Crippen molar-refractivity contribution in [3.63, 3.8) is 0 Å². The highest BCUT2D eigenvalue weighted by Crippen LogP contribution is 2.32. The molecule has 1 aliphatic heterocycles. The minimum absolute atomic E-state index is 0.0309. The van der Waals surface area contributed by atoms with E-state index in [0.29, 0.717) is 6.54 Å². The van der Waals surface area contributed by atoms with E-state index in [1.165, 1.54) is 5.56 Å². The molecule has 0 spiro atoms. The minimum Gasteiger partial charge on any atom is -0.334 e. The average Bonchev–Trinajstić information content (AvgIpc) is 3.20. The lowest BCUT2D eigenvalue weighted by atomic mass is 10.1. The van der Waals surface area contributed by atoms with Gasteiger partial charge in [0.05, 0.1) is 12.6 Å². The van der Waals surface area contributed by atoms with Crippen LogP contribution >= 0.6 is 11.3 Å². The lowest BCUT2D eigenvalue weighted by molar-refractivity contribution is 0.188. The molecule has 21 heavy (non-hydrogen) atoms. The van der Waals surface area contributed by atoms with Gasteiger partial charge in [0.25, 0.3) is 0 Å². The Labute approximate surface area is 128 Å². The zero-order chi connectivity index (χ0) is 14.7. The molecule has 2 atom stereocenters. The van der Waals surface area contributed by atoms with E-state index < -0.39 is 0 Å². The molecular formula is C15H20N4OS. The first kappa shape index (κ1) is 14.1. The molecule has 112 valence electrons. The van der Waals surface area contributed by atoms with Crippen molar-refractivity contribution in [2.45, 2.75) is 38.4 Å². The molecule has 0 radical (unpaired) electrons. The van der Waals surface area contributed by atoms with Gasteiger partial charge in [-0.2, -0.15) is 16.4 Å². The first-order valence-electron chi connectivity index (χ1n) is 7.30. The van der Waals surface area contributed by atoms with Crippen molar-refractivity contribution in [2.75, 3.05) is 6.54 Å². The molecule has 1 aliphatic rings. The Balaban J connectivity index is 1.59. The number of aromatic nitrogens is 2. The molecule has 2 amide bonds. The SMILES string of the molecule is C[C@H](Cn1cccn1)NC(=O)N1CCC[C@H]1c1ccsc1. The van der Waals surface area contributed by atoms with Gasteiger partial charge in [-0.15, -0.1) is 0 Å². The van der Waals surface area contributed by atoms with E-state index in [1.807, 2.05) is 28.8 Å². The number of likely N-dealkylation sites (tertiary alicyclic amines) is 1. The topological polar surface area (TPSA) is 50.2 Å². The molecule has 0 aromatic carbocycles. The van der Waals surface area contributed by atoms with Gasteiger partial charge in [-0.3, -0.25) is 4.68 Å². The van der Waals surface area contributed by atoms with Gasteiger partial charge in [0.1, 0.15) is 0 Å². The number of nitrogens with one attached hydrogen (secondary N) is 1. The van der Waals surface area contributed by atoms with Gasteiger partial charge in [0.15, 0.2) is 0 Å². The largest absolute Gasteiger partial charge is 0.334 e. The number of carbonyl (C=O) groups excluding carboxylic acids is 1. The van der Waals surface area contributed by atoms with Crippen molar-refractivity contribution >= 4 is 17.4 Å². The van der Waals surface area contributed by atoms with Crippen LogP contribution in [0.3, 0.4) is 0 Å². The monoisotopic (exact) mass is 304 g/mol. The van der Waals surface area contributed by atoms with Crippen molar-refractivity contribution < 1.29 is 4.79 Å². The van der Waals surface area contributed by atoms with Gasteiger partial charge in [0.2, 0.25) is 0 Å². The van der Waals surface area contributed by atoms with Crippen LogP contribution in [0.2, 0.25) is 0 Å². The van der Waals surface area contributed by atoms with E-state index in [9.17, 15) is 4.79 Å². The second-order valence-corrected chi connectivity index (χ2v) is 6.27. The molecule has 3 rings (SSSR count). The summed E-state index contributed by atoms with van der Waals surface area (Å²) in [6.45, 7) is 3.53. The van der Waals surface area contributed by atoms with Gasteiger partial charge in [0, 0.05) is 25.0 Å². The molecule has 0 saturated carbocycles. The summed E-state index contributed by atoms with van der Waals surface area (Å²) in [5.74, 6) is 0. The number of rotatable bonds is 4. The highest BCUT2D eigenvalue weighted by molar-refractivity contribution is 7.07. The van der Waals surface area contributed by atoms with Gasteiger partial charge in [-0.25, -0.2) is 4.79 Å². The van der Waals surface area contributed by atoms with E-state index in [4.69, 9.17) is 0 Å². The molecule has 3 heterocycles. The summed E-state index contributed by atoms with van der Waals surface area (Å²) in [4.78, 5) is 14.4. The van der Waals surface area contributed by atoms with Gasteiger partial charge in [-0.05, 0) is 48.2 Å². The fraction of sp³-hybridized carbons (Fsp3) is 0.467. The number of urea groups is 1. The fourth-order valence-electron chi connectivity index (χ4n) is 2.85. The first-order valence-corrected chi connectivity index (χ1v) is 8.25. The summed E-state index contributed by atoms with van der Waals surface area (Å²) < 4.78 is 1.84. The number of carbonyl (C=O) groups is 1. The number of hydrogen-bond donors (Lipinski definition) is 1. The Morgan fingerprint density at radius 1 is 1.62 bits per heavy atom. The zero-order valence-electron chi connectivity index (χ0n) is 12.1. The molecule has 0 unspecified atom stereocenters. The third-order valence-electron chi connectivity index (χ3n) is 3.83. The summed E-state index contributed by atoms with van der Waals surface area (Å²) in [6.07, 6.45) is 5.79. The van der Waals surface area contributed by atoms with E-state index >= 15 is 0 Å². The Bertz CT molecular complexity index is 567. The summed E-state index contributed by atoms with van der Waals surface area (Å²) in [5, 5.41) is 11.5. The van der Waals surface area contributed by atoms with E-state index in [1.54, 1.807) is 17.5 Å². The summed E-state index contributed by atoms with van der Waals surface area (Å²) >= 11 is 1.69. The molecular weight excluding hydrogens is 284 g/mol. The predicted octanol–water partition coefficient (Wildman–Crippen LogP) is 2.88. The smallest absolute Gasteiger partial charge is 0.318 e. The third-order valence-corrected chi connectivity index (χ3v) is 4.53. The van der Waals surface area contributed by atoms with Crippen LogP contribution in [0.5, 0.6) is 0 Å². The first-order chi connectivity index (χ1) is 10.2. The average molecular weight is 304 g/mol. The molecule has 1 N–H and O–H groups in total. The summed E-state index contributed by atoms with van der Waals surface area (Å²) in [5.41, 5.74) is 1.26. The van der Waals surface area contributed by atoms with Gasteiger partial charge in [-0.1, -0.05) is 0 Å². The lowest BCUT2D eigenvalue weighted by Gasteiger charge is -2.26. The Morgan fingerprint density at radius 3 is 3.24 bits per heavy atom. The number of nitrogens with zero attached hydrogens (tertiary/aromatic N) is 3. The Morgan fingerprint density at radius 2 is 2.52 bits per heavy atom. The van der Waals surface area contributed by atoms with Crippen molar-refractivity contribution in [2.24, 2.45) is 0 Å². The molecule has 2 aromatic rings. The highest BCUT2D eigenvalue weighted by atomic mass is 32.1. The molecule has 0 aliphatic carbocycles. The lowest BCUT2D eigenvalue weighted by Crippen LogP contribution is -2.44. The maximum atomic E-state index is 12.5. The molecule has 2 aromatic heterocycles. The van der Waals surface area contributed by atoms with Gasteiger partial charge < -0.3 is 10.2 Å². The molecule has 5 nitrogen and oxygen atoms in total. The minimum atomic E-state index is 0.0309. The van der Waals surface area contributed by atoms with Crippen LogP contribution in [0.25, 0.3) is 0 Å². The number of thiophene rings is 1. The third kappa shape index (κ3) is 3.26.